The number of hydrogen-bond acceptors (Lipinski definition) is 5. The molecule has 2 saturated heterocycles. The molecule has 30 heavy (non-hydrogen) atoms. The Bertz CT molecular complexity index is 1020. The van der Waals surface area contributed by atoms with Gasteiger partial charge in [0.05, 0.1) is 27.1 Å². The van der Waals surface area contributed by atoms with E-state index < -0.39 is 0 Å². The van der Waals surface area contributed by atoms with Gasteiger partial charge in [-0.05, 0) is 44.7 Å². The molecule has 0 saturated carbocycles. The van der Waals surface area contributed by atoms with E-state index in [1.807, 2.05) is 48.6 Å². The number of aryl methyl sites for hydroxylation is 1. The first kappa shape index (κ1) is 23.0. The van der Waals surface area contributed by atoms with E-state index in [0.29, 0.717) is 24.7 Å². The summed E-state index contributed by atoms with van der Waals surface area (Å²) < 4.78 is 2.06. The van der Waals surface area contributed by atoms with Crippen LogP contribution in [0.4, 0.5) is 0 Å². The fourth-order valence-electron chi connectivity index (χ4n) is 4.72. The molecule has 1 aromatic carbocycles. The number of fused-ring (bicyclic) bond motifs is 3. The van der Waals surface area contributed by atoms with Crippen LogP contribution >= 0.6 is 36.2 Å². The van der Waals surface area contributed by atoms with Crippen molar-refractivity contribution in [2.24, 2.45) is 0 Å². The number of para-hydroxylation sites is 2. The Labute approximate surface area is 192 Å². The summed E-state index contributed by atoms with van der Waals surface area (Å²) in [4.78, 5) is 25.5. The molecule has 2 aliphatic rings. The van der Waals surface area contributed by atoms with Crippen molar-refractivity contribution in [2.45, 2.75) is 57.3 Å². The molecular formula is C21H27Cl2N5OS. The van der Waals surface area contributed by atoms with Crippen molar-refractivity contribution in [1.82, 2.24) is 24.8 Å². The first-order chi connectivity index (χ1) is 13.6. The highest BCUT2D eigenvalue weighted by atomic mass is 35.5. The standard InChI is InChI=1S/C21H25N5OS.2ClH/c1-13-20(28-12-22-13)21-24-17-5-3-4-6-18(17)26(21)11-19(27)25(2)16-9-14-7-8-15(10-16)23-14;;/h3-6,12,14-16,23H,7-11H2,1-2H3;2*1H. The summed E-state index contributed by atoms with van der Waals surface area (Å²) in [6.45, 7) is 2.30. The molecular weight excluding hydrogens is 441 g/mol. The second kappa shape index (κ2) is 9.22. The normalized spacial score (nSPS) is 22.4. The summed E-state index contributed by atoms with van der Waals surface area (Å²) in [6, 6.07) is 9.51. The molecule has 3 aromatic rings. The Hall–Kier alpha value is -1.67. The van der Waals surface area contributed by atoms with Gasteiger partial charge in [0.25, 0.3) is 0 Å². The Balaban J connectivity index is 0.00000128. The summed E-state index contributed by atoms with van der Waals surface area (Å²) in [6.07, 6.45) is 4.60. The predicted molar refractivity (Wildman–Crippen MR) is 126 cm³/mol. The molecule has 0 aliphatic carbocycles. The van der Waals surface area contributed by atoms with Crippen molar-refractivity contribution >= 4 is 53.1 Å². The number of benzene rings is 1. The van der Waals surface area contributed by atoms with Crippen molar-refractivity contribution in [3.63, 3.8) is 0 Å². The Morgan fingerprint density at radius 3 is 2.60 bits per heavy atom. The molecule has 162 valence electrons. The number of nitrogens with one attached hydrogen (secondary N) is 1. The van der Waals surface area contributed by atoms with E-state index in [4.69, 9.17) is 4.98 Å². The van der Waals surface area contributed by atoms with Gasteiger partial charge in [-0.2, -0.15) is 0 Å². The average Bonchev–Trinajstić information content (AvgIpc) is 3.38. The molecule has 0 spiro atoms. The van der Waals surface area contributed by atoms with E-state index >= 15 is 0 Å². The number of thiazole rings is 1. The Morgan fingerprint density at radius 2 is 1.93 bits per heavy atom. The van der Waals surface area contributed by atoms with Gasteiger partial charge >= 0.3 is 0 Å². The molecule has 2 aromatic heterocycles. The molecule has 9 heteroatoms. The van der Waals surface area contributed by atoms with Crippen LogP contribution in [0.15, 0.2) is 29.8 Å². The van der Waals surface area contributed by atoms with Crippen molar-refractivity contribution in [1.29, 1.82) is 0 Å². The highest BCUT2D eigenvalue weighted by Crippen LogP contribution is 2.32. The molecule has 5 rings (SSSR count). The molecule has 2 aliphatic heterocycles. The molecule has 1 amide bonds. The maximum atomic E-state index is 13.2. The van der Waals surface area contributed by atoms with E-state index in [9.17, 15) is 4.79 Å². The summed E-state index contributed by atoms with van der Waals surface area (Å²) in [5.74, 6) is 0.992. The second-order valence-corrected chi connectivity index (χ2v) is 8.90. The quantitative estimate of drug-likeness (QED) is 0.628. The van der Waals surface area contributed by atoms with Gasteiger partial charge in [-0.15, -0.1) is 36.2 Å². The lowest BCUT2D eigenvalue weighted by Gasteiger charge is -2.35. The fourth-order valence-corrected chi connectivity index (χ4v) is 5.52. The fraction of sp³-hybridized carbons (Fsp3) is 0.476. The van der Waals surface area contributed by atoms with Crippen molar-refractivity contribution < 1.29 is 4.79 Å². The summed E-state index contributed by atoms with van der Waals surface area (Å²) in [5.41, 5.74) is 4.71. The SMILES string of the molecule is Cc1ncsc1-c1nc2ccccc2n1CC(=O)N(C)C1CC2CCC(C1)N2.Cl.Cl. The molecule has 6 nitrogen and oxygen atoms in total. The van der Waals surface area contributed by atoms with Crippen LogP contribution in [0.2, 0.25) is 0 Å². The first-order valence-electron chi connectivity index (χ1n) is 9.97. The summed E-state index contributed by atoms with van der Waals surface area (Å²) in [5, 5.41) is 3.66. The van der Waals surface area contributed by atoms with E-state index in [1.165, 1.54) is 12.8 Å². The van der Waals surface area contributed by atoms with Crippen LogP contribution in [0.5, 0.6) is 0 Å². The number of likely N-dealkylation sites (N-methyl/N-ethyl adjacent to an activating group) is 1. The van der Waals surface area contributed by atoms with Crippen molar-refractivity contribution in [3.8, 4) is 10.7 Å². The minimum atomic E-state index is 0. The van der Waals surface area contributed by atoms with Gasteiger partial charge in [-0.3, -0.25) is 4.79 Å². The van der Waals surface area contributed by atoms with Gasteiger partial charge in [0.15, 0.2) is 5.82 Å². The lowest BCUT2D eigenvalue weighted by atomic mass is 9.98. The van der Waals surface area contributed by atoms with E-state index in [1.54, 1.807) is 11.3 Å². The summed E-state index contributed by atoms with van der Waals surface area (Å²) in [7, 11) is 1.97. The molecule has 2 bridgehead atoms. The van der Waals surface area contributed by atoms with Gasteiger partial charge in [0.1, 0.15) is 6.54 Å². The predicted octanol–water partition coefficient (Wildman–Crippen LogP) is 4.05. The minimum Gasteiger partial charge on any atom is -0.341 e. The minimum absolute atomic E-state index is 0. The average molecular weight is 468 g/mol. The van der Waals surface area contributed by atoms with E-state index in [-0.39, 0.29) is 30.7 Å². The smallest absolute Gasteiger partial charge is 0.242 e. The van der Waals surface area contributed by atoms with Crippen LogP contribution in [-0.4, -0.2) is 50.5 Å². The van der Waals surface area contributed by atoms with Crippen LogP contribution in [0.25, 0.3) is 21.7 Å². The first-order valence-corrected chi connectivity index (χ1v) is 10.9. The third-order valence-electron chi connectivity index (χ3n) is 6.29. The number of amides is 1. The number of carbonyl (C=O) groups is 1. The largest absolute Gasteiger partial charge is 0.341 e. The maximum Gasteiger partial charge on any atom is 0.242 e. The number of hydrogen-bond donors (Lipinski definition) is 1. The van der Waals surface area contributed by atoms with Gasteiger partial charge in [0, 0.05) is 25.2 Å². The number of carbonyl (C=O) groups excluding carboxylic acids is 1. The third-order valence-corrected chi connectivity index (χ3v) is 7.21. The Morgan fingerprint density at radius 1 is 1.23 bits per heavy atom. The van der Waals surface area contributed by atoms with Gasteiger partial charge in [0.2, 0.25) is 5.91 Å². The van der Waals surface area contributed by atoms with E-state index in [0.717, 1.165) is 40.3 Å². The molecule has 2 atom stereocenters. The molecule has 2 fully saturated rings. The molecule has 1 N–H and O–H groups in total. The van der Waals surface area contributed by atoms with Crippen LogP contribution in [0, 0.1) is 6.92 Å². The zero-order valence-corrected chi connectivity index (χ0v) is 19.5. The third kappa shape index (κ3) is 4.08. The molecule has 0 radical (unpaired) electrons. The highest BCUT2D eigenvalue weighted by Gasteiger charge is 2.36. The molecule has 4 heterocycles. The number of imidazole rings is 1. The highest BCUT2D eigenvalue weighted by molar-refractivity contribution is 7.13. The van der Waals surface area contributed by atoms with Crippen LogP contribution in [-0.2, 0) is 11.3 Å². The van der Waals surface area contributed by atoms with Gasteiger partial charge in [-0.1, -0.05) is 12.1 Å². The van der Waals surface area contributed by atoms with E-state index in [2.05, 4.69) is 14.9 Å². The number of nitrogens with zero attached hydrogens (tertiary/aromatic N) is 4. The Kier molecular flexibility index (Phi) is 7.07. The van der Waals surface area contributed by atoms with Crippen molar-refractivity contribution in [3.05, 3.63) is 35.5 Å². The van der Waals surface area contributed by atoms with Crippen molar-refractivity contribution in [2.75, 3.05) is 7.05 Å². The maximum absolute atomic E-state index is 13.2. The topological polar surface area (TPSA) is 63.1 Å². The lowest BCUT2D eigenvalue weighted by molar-refractivity contribution is -0.133. The summed E-state index contributed by atoms with van der Waals surface area (Å²) >= 11 is 1.58. The van der Waals surface area contributed by atoms with Gasteiger partial charge < -0.3 is 14.8 Å². The number of piperidine rings is 1. The number of halogens is 2. The second-order valence-electron chi connectivity index (χ2n) is 8.04. The lowest BCUT2D eigenvalue weighted by Crippen LogP contribution is -2.49. The van der Waals surface area contributed by atoms with Crippen LogP contribution in [0.3, 0.4) is 0 Å². The van der Waals surface area contributed by atoms with Gasteiger partial charge in [-0.25, -0.2) is 9.97 Å². The zero-order valence-electron chi connectivity index (χ0n) is 17.1. The molecule has 2 unspecified atom stereocenters. The monoisotopic (exact) mass is 467 g/mol. The number of aromatic nitrogens is 3. The van der Waals surface area contributed by atoms with Crippen LogP contribution in [0.1, 0.15) is 31.4 Å². The van der Waals surface area contributed by atoms with Crippen LogP contribution < -0.4 is 5.32 Å². The number of rotatable bonds is 4. The zero-order chi connectivity index (χ0) is 19.3.